The second kappa shape index (κ2) is 8.35. The van der Waals surface area contributed by atoms with Crippen molar-refractivity contribution in [1.82, 2.24) is 14.8 Å². The molecule has 0 N–H and O–H groups in total. The van der Waals surface area contributed by atoms with Gasteiger partial charge in [0.2, 0.25) is 0 Å². The van der Waals surface area contributed by atoms with Gasteiger partial charge in [0.15, 0.2) is 11.0 Å². The van der Waals surface area contributed by atoms with Gasteiger partial charge >= 0.3 is 0 Å². The molecule has 0 saturated heterocycles. The lowest BCUT2D eigenvalue weighted by Gasteiger charge is -2.11. The molecule has 26 heavy (non-hydrogen) atoms. The standard InChI is InChI=1S/C17H13Cl2F2N3OS/c1-25-8-16-22-23-17(24(16)12-4-5-13(18)14(19)7-12)26-9-10-2-3-11(20)6-15(10)21/h2-7H,8-9H2,1H3. The molecule has 136 valence electrons. The van der Waals surface area contributed by atoms with Crippen molar-refractivity contribution in [1.29, 1.82) is 0 Å². The lowest BCUT2D eigenvalue weighted by atomic mass is 10.2. The maximum Gasteiger partial charge on any atom is 0.196 e. The van der Waals surface area contributed by atoms with Crippen molar-refractivity contribution in [2.24, 2.45) is 0 Å². The number of halogens is 4. The summed E-state index contributed by atoms with van der Waals surface area (Å²) >= 11 is 13.4. The van der Waals surface area contributed by atoms with Gasteiger partial charge in [-0.15, -0.1) is 10.2 Å². The molecule has 1 heterocycles. The first-order valence-corrected chi connectivity index (χ1v) is 9.19. The molecule has 0 unspecified atom stereocenters. The summed E-state index contributed by atoms with van der Waals surface area (Å²) < 4.78 is 33.8. The second-order valence-electron chi connectivity index (χ2n) is 5.29. The molecule has 0 bridgehead atoms. The smallest absolute Gasteiger partial charge is 0.196 e. The van der Waals surface area contributed by atoms with Crippen LogP contribution in [0.2, 0.25) is 10.0 Å². The summed E-state index contributed by atoms with van der Waals surface area (Å²) in [5, 5.41) is 9.62. The zero-order valence-corrected chi connectivity index (χ0v) is 15.9. The number of nitrogens with zero attached hydrogens (tertiary/aromatic N) is 3. The minimum absolute atomic E-state index is 0.235. The highest BCUT2D eigenvalue weighted by Gasteiger charge is 2.16. The summed E-state index contributed by atoms with van der Waals surface area (Å²) in [5.74, 6) is -0.390. The third-order valence-electron chi connectivity index (χ3n) is 3.51. The van der Waals surface area contributed by atoms with E-state index in [1.807, 2.05) is 0 Å². The summed E-state index contributed by atoms with van der Waals surface area (Å²) in [6.45, 7) is 0.235. The first-order valence-electron chi connectivity index (χ1n) is 7.45. The zero-order valence-electron chi connectivity index (χ0n) is 13.5. The van der Waals surface area contributed by atoms with Gasteiger partial charge in [0, 0.05) is 18.9 Å². The van der Waals surface area contributed by atoms with E-state index < -0.39 is 11.6 Å². The minimum atomic E-state index is -0.613. The number of benzene rings is 2. The Kier molecular flexibility index (Phi) is 6.13. The van der Waals surface area contributed by atoms with Gasteiger partial charge in [-0.1, -0.05) is 41.0 Å². The lowest BCUT2D eigenvalue weighted by Crippen LogP contribution is -2.04. The predicted molar refractivity (Wildman–Crippen MR) is 98.0 cm³/mol. The van der Waals surface area contributed by atoms with E-state index in [0.29, 0.717) is 32.3 Å². The average molecular weight is 416 g/mol. The van der Waals surface area contributed by atoms with Crippen LogP contribution >= 0.6 is 35.0 Å². The number of hydrogen-bond acceptors (Lipinski definition) is 4. The van der Waals surface area contributed by atoms with E-state index in [1.54, 1.807) is 29.9 Å². The van der Waals surface area contributed by atoms with Gasteiger partial charge in [-0.2, -0.15) is 0 Å². The van der Waals surface area contributed by atoms with Gasteiger partial charge in [0.05, 0.1) is 15.7 Å². The highest BCUT2D eigenvalue weighted by atomic mass is 35.5. The third-order valence-corrected chi connectivity index (χ3v) is 5.22. The Morgan fingerprint density at radius 2 is 1.88 bits per heavy atom. The van der Waals surface area contributed by atoms with Crippen LogP contribution in [0.25, 0.3) is 5.69 Å². The monoisotopic (exact) mass is 415 g/mol. The molecular weight excluding hydrogens is 403 g/mol. The van der Waals surface area contributed by atoms with E-state index in [4.69, 9.17) is 27.9 Å². The van der Waals surface area contributed by atoms with Crippen LogP contribution in [0.1, 0.15) is 11.4 Å². The molecule has 0 radical (unpaired) electrons. The lowest BCUT2D eigenvalue weighted by molar-refractivity contribution is 0.176. The highest BCUT2D eigenvalue weighted by molar-refractivity contribution is 7.98. The first-order chi connectivity index (χ1) is 12.5. The van der Waals surface area contributed by atoms with Crippen molar-refractivity contribution in [3.63, 3.8) is 0 Å². The van der Waals surface area contributed by atoms with E-state index in [0.717, 1.165) is 6.07 Å². The van der Waals surface area contributed by atoms with Crippen molar-refractivity contribution >= 4 is 35.0 Å². The van der Waals surface area contributed by atoms with Crippen LogP contribution in [-0.2, 0) is 17.1 Å². The Morgan fingerprint density at radius 1 is 1.08 bits per heavy atom. The number of aromatic nitrogens is 3. The molecular formula is C17H13Cl2F2N3OS. The molecule has 0 spiro atoms. The minimum Gasteiger partial charge on any atom is -0.377 e. The maximum absolute atomic E-state index is 13.9. The molecule has 0 atom stereocenters. The van der Waals surface area contributed by atoms with Crippen LogP contribution in [0, 0.1) is 11.6 Å². The highest BCUT2D eigenvalue weighted by Crippen LogP contribution is 2.30. The molecule has 3 aromatic rings. The molecule has 2 aromatic carbocycles. The van der Waals surface area contributed by atoms with E-state index in [-0.39, 0.29) is 12.4 Å². The first kappa shape index (κ1) is 19.1. The molecule has 9 heteroatoms. The molecule has 3 rings (SSSR count). The largest absolute Gasteiger partial charge is 0.377 e. The van der Waals surface area contributed by atoms with Gasteiger partial charge in [-0.3, -0.25) is 4.57 Å². The Morgan fingerprint density at radius 3 is 2.58 bits per heavy atom. The molecule has 0 amide bonds. The van der Waals surface area contributed by atoms with Crippen LogP contribution in [0.5, 0.6) is 0 Å². The van der Waals surface area contributed by atoms with Crippen molar-refractivity contribution < 1.29 is 13.5 Å². The molecule has 1 aromatic heterocycles. The summed E-state index contributed by atoms with van der Waals surface area (Å²) in [6, 6.07) is 8.63. The van der Waals surface area contributed by atoms with Crippen LogP contribution in [-0.4, -0.2) is 21.9 Å². The van der Waals surface area contributed by atoms with Crippen LogP contribution in [0.15, 0.2) is 41.6 Å². The molecule has 4 nitrogen and oxygen atoms in total. The van der Waals surface area contributed by atoms with Crippen LogP contribution < -0.4 is 0 Å². The number of thioether (sulfide) groups is 1. The van der Waals surface area contributed by atoms with Crippen molar-refractivity contribution in [3.8, 4) is 5.69 Å². The fraction of sp³-hybridized carbons (Fsp3) is 0.176. The van der Waals surface area contributed by atoms with Crippen LogP contribution in [0.4, 0.5) is 8.78 Å². The molecule has 0 aliphatic carbocycles. The Labute approximate surface area is 163 Å². The van der Waals surface area contributed by atoms with Gasteiger partial charge in [0.1, 0.15) is 18.2 Å². The maximum atomic E-state index is 13.9. The van der Waals surface area contributed by atoms with Gasteiger partial charge in [-0.05, 0) is 29.8 Å². The molecule has 0 aliphatic heterocycles. The van der Waals surface area contributed by atoms with Gasteiger partial charge < -0.3 is 4.74 Å². The summed E-state index contributed by atoms with van der Waals surface area (Å²) in [6.07, 6.45) is 0. The van der Waals surface area contributed by atoms with Crippen molar-refractivity contribution in [3.05, 3.63) is 69.5 Å². The van der Waals surface area contributed by atoms with Crippen molar-refractivity contribution in [2.45, 2.75) is 17.5 Å². The fourth-order valence-corrected chi connectivity index (χ4v) is 3.53. The number of methoxy groups -OCH3 is 1. The summed E-state index contributed by atoms with van der Waals surface area (Å²) in [7, 11) is 1.55. The second-order valence-corrected chi connectivity index (χ2v) is 7.05. The van der Waals surface area contributed by atoms with E-state index in [2.05, 4.69) is 10.2 Å². The third kappa shape index (κ3) is 4.17. The van der Waals surface area contributed by atoms with Gasteiger partial charge in [0.25, 0.3) is 0 Å². The Balaban J connectivity index is 1.93. The Hall–Kier alpha value is -1.67. The normalized spacial score (nSPS) is 11.1. The average Bonchev–Trinajstić information content (AvgIpc) is 3.00. The van der Waals surface area contributed by atoms with E-state index >= 15 is 0 Å². The SMILES string of the molecule is COCc1nnc(SCc2ccc(F)cc2F)n1-c1ccc(Cl)c(Cl)c1. The van der Waals surface area contributed by atoms with E-state index in [1.165, 1.54) is 23.9 Å². The van der Waals surface area contributed by atoms with Crippen molar-refractivity contribution in [2.75, 3.05) is 7.11 Å². The zero-order chi connectivity index (χ0) is 18.7. The van der Waals surface area contributed by atoms with Crippen LogP contribution in [0.3, 0.4) is 0 Å². The quantitative estimate of drug-likeness (QED) is 0.512. The molecule has 0 saturated carbocycles. The summed E-state index contributed by atoms with van der Waals surface area (Å²) in [5.41, 5.74) is 1.08. The summed E-state index contributed by atoms with van der Waals surface area (Å²) in [4.78, 5) is 0. The molecule has 0 fully saturated rings. The Bertz CT molecular complexity index is 936. The predicted octanol–water partition coefficient (Wildman–Crippen LogP) is 5.29. The van der Waals surface area contributed by atoms with E-state index in [9.17, 15) is 8.78 Å². The number of rotatable bonds is 6. The number of hydrogen-bond donors (Lipinski definition) is 0. The molecule has 0 aliphatic rings. The fourth-order valence-electron chi connectivity index (χ4n) is 2.28. The topological polar surface area (TPSA) is 39.9 Å². The van der Waals surface area contributed by atoms with Gasteiger partial charge in [-0.25, -0.2) is 8.78 Å². The number of ether oxygens (including phenoxy) is 1.